The summed E-state index contributed by atoms with van der Waals surface area (Å²) in [4.78, 5) is 20.6. The van der Waals surface area contributed by atoms with Crippen LogP contribution in [0.25, 0.3) is 0 Å². The zero-order chi connectivity index (χ0) is 13.9. The van der Waals surface area contributed by atoms with Crippen molar-refractivity contribution < 1.29 is 23.4 Å². The lowest BCUT2D eigenvalue weighted by molar-refractivity contribution is -0.385. The Bertz CT molecular complexity index is 519. The largest absolute Gasteiger partial charge is 0.480 e. The van der Waals surface area contributed by atoms with Crippen LogP contribution in [0.4, 0.5) is 10.1 Å². The molecule has 0 saturated carbocycles. The molecule has 1 aromatic carbocycles. The molecule has 8 heteroatoms. The lowest BCUT2D eigenvalue weighted by Gasteiger charge is -2.07. The maximum absolute atomic E-state index is 13.0. The molecule has 1 aromatic rings. The van der Waals surface area contributed by atoms with Crippen LogP contribution in [0, 0.1) is 15.9 Å². The smallest absolute Gasteiger partial charge is 0.318 e. The second kappa shape index (κ2) is 5.67. The number of nitrogens with zero attached hydrogens (tertiary/aromatic N) is 1. The van der Waals surface area contributed by atoms with Gasteiger partial charge in [0.25, 0.3) is 5.69 Å². The van der Waals surface area contributed by atoms with Crippen LogP contribution >= 0.6 is 0 Å². The SMILES string of the molecule is CC(C(=O)O)S(=O)Cc1cc(F)ccc1[N+](=O)[O-]. The number of carbonyl (C=O) groups is 1. The number of rotatable bonds is 5. The molecule has 0 heterocycles. The highest BCUT2D eigenvalue weighted by molar-refractivity contribution is 7.85. The molecule has 0 aliphatic rings. The Labute approximate surface area is 104 Å². The average molecular weight is 275 g/mol. The minimum atomic E-state index is -1.85. The van der Waals surface area contributed by atoms with Crippen molar-refractivity contribution in [2.45, 2.75) is 17.9 Å². The fourth-order valence-corrected chi connectivity index (χ4v) is 2.25. The van der Waals surface area contributed by atoms with Gasteiger partial charge in [-0.05, 0) is 19.1 Å². The molecule has 0 aliphatic heterocycles. The molecule has 0 aliphatic carbocycles. The van der Waals surface area contributed by atoms with Gasteiger partial charge in [0, 0.05) is 22.4 Å². The first-order valence-corrected chi connectivity index (χ1v) is 6.24. The molecule has 6 nitrogen and oxygen atoms in total. The van der Waals surface area contributed by atoms with Gasteiger partial charge >= 0.3 is 5.97 Å². The van der Waals surface area contributed by atoms with E-state index in [1.165, 1.54) is 6.92 Å². The maximum atomic E-state index is 13.0. The van der Waals surface area contributed by atoms with Gasteiger partial charge in [-0.25, -0.2) is 4.39 Å². The number of carboxylic acids is 1. The molecule has 0 fully saturated rings. The number of nitro groups is 1. The molecule has 1 rings (SSSR count). The minimum absolute atomic E-state index is 0.0774. The summed E-state index contributed by atoms with van der Waals surface area (Å²) in [6.45, 7) is 1.23. The van der Waals surface area contributed by atoms with Crippen molar-refractivity contribution in [3.63, 3.8) is 0 Å². The van der Waals surface area contributed by atoms with Crippen LogP contribution in [-0.4, -0.2) is 25.5 Å². The highest BCUT2D eigenvalue weighted by atomic mass is 32.2. The Morgan fingerprint density at radius 3 is 2.72 bits per heavy atom. The topological polar surface area (TPSA) is 97.5 Å². The molecule has 2 atom stereocenters. The van der Waals surface area contributed by atoms with E-state index in [-0.39, 0.29) is 17.0 Å². The van der Waals surface area contributed by atoms with E-state index >= 15 is 0 Å². The van der Waals surface area contributed by atoms with Crippen molar-refractivity contribution in [3.8, 4) is 0 Å². The van der Waals surface area contributed by atoms with E-state index in [0.29, 0.717) is 0 Å². The van der Waals surface area contributed by atoms with Gasteiger partial charge in [-0.1, -0.05) is 0 Å². The molecule has 0 radical (unpaired) electrons. The molecule has 1 N–H and O–H groups in total. The van der Waals surface area contributed by atoms with Crippen LogP contribution in [0.1, 0.15) is 12.5 Å². The predicted octanol–water partition coefficient (Wildman–Crippen LogP) is 1.46. The summed E-state index contributed by atoms with van der Waals surface area (Å²) in [5.74, 6) is -2.34. The van der Waals surface area contributed by atoms with E-state index in [1.54, 1.807) is 0 Å². The highest BCUT2D eigenvalue weighted by Crippen LogP contribution is 2.22. The van der Waals surface area contributed by atoms with Gasteiger partial charge in [0.05, 0.1) is 10.7 Å². The molecule has 0 aromatic heterocycles. The molecule has 0 saturated heterocycles. The van der Waals surface area contributed by atoms with E-state index in [4.69, 9.17) is 5.11 Å². The molecule has 2 unspecified atom stereocenters. The van der Waals surface area contributed by atoms with Crippen LogP contribution < -0.4 is 0 Å². The Morgan fingerprint density at radius 2 is 2.22 bits per heavy atom. The van der Waals surface area contributed by atoms with Gasteiger partial charge in [-0.2, -0.15) is 0 Å². The number of hydrogen-bond donors (Lipinski definition) is 1. The van der Waals surface area contributed by atoms with E-state index in [2.05, 4.69) is 0 Å². The normalized spacial score (nSPS) is 13.9. The molecule has 0 amide bonds. The van der Waals surface area contributed by atoms with E-state index in [0.717, 1.165) is 18.2 Å². The number of hydrogen-bond acceptors (Lipinski definition) is 4. The third-order valence-corrected chi connectivity index (χ3v) is 3.86. The first kappa shape index (κ1) is 14.2. The Morgan fingerprint density at radius 1 is 1.61 bits per heavy atom. The molecular weight excluding hydrogens is 265 g/mol. The van der Waals surface area contributed by atoms with Gasteiger partial charge in [0.2, 0.25) is 0 Å². The van der Waals surface area contributed by atoms with Crippen molar-refractivity contribution in [1.82, 2.24) is 0 Å². The third kappa shape index (κ3) is 3.33. The molecule has 98 valence electrons. The predicted molar refractivity (Wildman–Crippen MR) is 62.0 cm³/mol. The van der Waals surface area contributed by atoms with Crippen molar-refractivity contribution in [1.29, 1.82) is 0 Å². The number of nitro benzene ring substituents is 1. The average Bonchev–Trinajstić information content (AvgIpc) is 2.27. The fraction of sp³-hybridized carbons (Fsp3) is 0.300. The summed E-state index contributed by atoms with van der Waals surface area (Å²) in [5.41, 5.74) is -0.450. The standard InChI is InChI=1S/C10H10FNO5S/c1-6(10(13)14)18(17)5-7-4-8(11)2-3-9(7)12(15)16/h2-4,6H,5H2,1H3,(H,13,14). The van der Waals surface area contributed by atoms with E-state index in [9.17, 15) is 23.5 Å². The molecule has 0 bridgehead atoms. The summed E-state index contributed by atoms with van der Waals surface area (Å²) in [6, 6.07) is 2.78. The van der Waals surface area contributed by atoms with E-state index < -0.39 is 32.8 Å². The van der Waals surface area contributed by atoms with Crippen LogP contribution in [0.3, 0.4) is 0 Å². The quantitative estimate of drug-likeness (QED) is 0.648. The summed E-state index contributed by atoms with van der Waals surface area (Å²) in [6.07, 6.45) is 0. The van der Waals surface area contributed by atoms with Crippen LogP contribution in [-0.2, 0) is 21.3 Å². The van der Waals surface area contributed by atoms with Gasteiger partial charge in [-0.3, -0.25) is 19.1 Å². The molecule has 18 heavy (non-hydrogen) atoms. The van der Waals surface area contributed by atoms with Gasteiger partial charge in [0.1, 0.15) is 11.1 Å². The van der Waals surface area contributed by atoms with E-state index in [1.807, 2.05) is 0 Å². The van der Waals surface area contributed by atoms with Gasteiger partial charge in [0.15, 0.2) is 0 Å². The summed E-state index contributed by atoms with van der Waals surface area (Å²) < 4.78 is 24.6. The molecule has 0 spiro atoms. The zero-order valence-corrected chi connectivity index (χ0v) is 10.1. The van der Waals surface area contributed by atoms with Gasteiger partial charge in [-0.15, -0.1) is 0 Å². The first-order chi connectivity index (χ1) is 8.32. The third-order valence-electron chi connectivity index (χ3n) is 2.28. The zero-order valence-electron chi connectivity index (χ0n) is 9.33. The second-order valence-corrected chi connectivity index (χ2v) is 5.29. The summed E-state index contributed by atoms with van der Waals surface area (Å²) in [7, 11) is -1.85. The highest BCUT2D eigenvalue weighted by Gasteiger charge is 2.23. The van der Waals surface area contributed by atoms with Crippen LogP contribution in [0.2, 0.25) is 0 Å². The van der Waals surface area contributed by atoms with Crippen LogP contribution in [0.5, 0.6) is 0 Å². The Balaban J connectivity index is 3.03. The number of halogens is 1. The lowest BCUT2D eigenvalue weighted by atomic mass is 10.2. The maximum Gasteiger partial charge on any atom is 0.318 e. The van der Waals surface area contributed by atoms with Crippen molar-refractivity contribution in [2.24, 2.45) is 0 Å². The van der Waals surface area contributed by atoms with Crippen molar-refractivity contribution >= 4 is 22.5 Å². The lowest BCUT2D eigenvalue weighted by Crippen LogP contribution is -2.23. The number of aliphatic carboxylic acids is 1. The Kier molecular flexibility index (Phi) is 4.49. The monoisotopic (exact) mass is 275 g/mol. The second-order valence-electron chi connectivity index (χ2n) is 3.54. The number of carboxylic acid groups (broad SMARTS) is 1. The van der Waals surface area contributed by atoms with Gasteiger partial charge < -0.3 is 5.11 Å². The summed E-state index contributed by atoms with van der Waals surface area (Å²) in [5, 5.41) is 18.2. The Hall–Kier alpha value is -1.83. The summed E-state index contributed by atoms with van der Waals surface area (Å²) >= 11 is 0. The number of benzene rings is 1. The van der Waals surface area contributed by atoms with Crippen molar-refractivity contribution in [2.75, 3.05) is 0 Å². The minimum Gasteiger partial charge on any atom is -0.480 e. The molecular formula is C10H10FNO5S. The van der Waals surface area contributed by atoms with Crippen LogP contribution in [0.15, 0.2) is 18.2 Å². The van der Waals surface area contributed by atoms with Crippen molar-refractivity contribution in [3.05, 3.63) is 39.7 Å². The fourth-order valence-electron chi connectivity index (χ4n) is 1.24. The first-order valence-electron chi connectivity index (χ1n) is 4.85.